The third-order valence-corrected chi connectivity index (χ3v) is 4.55. The number of hydrogen-bond acceptors (Lipinski definition) is 5. The molecule has 0 saturated carbocycles. The molecule has 3 rings (SSSR count). The van der Waals surface area contributed by atoms with Gasteiger partial charge in [-0.25, -0.2) is 9.97 Å². The third-order valence-electron chi connectivity index (χ3n) is 3.49. The van der Waals surface area contributed by atoms with Crippen molar-refractivity contribution < 1.29 is 9.66 Å². The first-order valence-corrected chi connectivity index (χ1v) is 8.19. The molecule has 1 heterocycles. The fourth-order valence-electron chi connectivity index (χ4n) is 2.32. The van der Waals surface area contributed by atoms with Crippen molar-refractivity contribution in [2.75, 3.05) is 0 Å². The number of para-hydroxylation sites is 1. The number of rotatable bonds is 4. The summed E-state index contributed by atoms with van der Waals surface area (Å²) in [6, 6.07) is 7.90. The lowest BCUT2D eigenvalue weighted by Gasteiger charge is -2.12. The molecule has 0 radical (unpaired) electrons. The van der Waals surface area contributed by atoms with Crippen molar-refractivity contribution in [2.45, 2.75) is 13.5 Å². The van der Waals surface area contributed by atoms with E-state index in [0.717, 1.165) is 0 Å². The first kappa shape index (κ1) is 17.7. The maximum absolute atomic E-state index is 11.0. The van der Waals surface area contributed by atoms with Crippen LogP contribution < -0.4 is 4.74 Å². The average Bonchev–Trinajstić information content (AvgIpc) is 2.54. The molecule has 3 aromatic rings. The van der Waals surface area contributed by atoms with Gasteiger partial charge in [0.25, 0.3) is 5.69 Å². The minimum atomic E-state index is -0.573. The van der Waals surface area contributed by atoms with E-state index in [1.54, 1.807) is 25.1 Å². The summed E-state index contributed by atoms with van der Waals surface area (Å²) in [6.07, 6.45) is 0. The van der Waals surface area contributed by atoms with Gasteiger partial charge in [0.15, 0.2) is 0 Å². The molecule has 0 unspecified atom stereocenters. The molecule has 0 aliphatic rings. The Kier molecular flexibility index (Phi) is 4.94. The van der Waals surface area contributed by atoms with Crippen LogP contribution in [0.2, 0.25) is 15.2 Å². The Balaban J connectivity index is 1.99. The van der Waals surface area contributed by atoms with E-state index in [4.69, 9.17) is 39.5 Å². The van der Waals surface area contributed by atoms with Crippen LogP contribution in [0.4, 0.5) is 5.69 Å². The first-order valence-electron chi connectivity index (χ1n) is 7.05. The molecule has 0 bridgehead atoms. The van der Waals surface area contributed by atoms with E-state index in [1.165, 1.54) is 12.1 Å². The lowest BCUT2D eigenvalue weighted by molar-refractivity contribution is -0.384. The minimum absolute atomic E-state index is 0.0541. The second-order valence-electron chi connectivity index (χ2n) is 5.12. The Labute approximate surface area is 157 Å². The zero-order valence-corrected chi connectivity index (χ0v) is 15.1. The molecule has 0 spiro atoms. The van der Waals surface area contributed by atoms with Gasteiger partial charge in [-0.2, -0.15) is 0 Å². The number of halogens is 3. The summed E-state index contributed by atoms with van der Waals surface area (Å²) >= 11 is 18.3. The highest BCUT2D eigenvalue weighted by Crippen LogP contribution is 2.35. The molecular weight excluding hydrogens is 389 g/mol. The van der Waals surface area contributed by atoms with Gasteiger partial charge in [0.05, 0.1) is 4.92 Å². The molecule has 2 aromatic carbocycles. The molecule has 0 aliphatic carbocycles. The molecule has 0 atom stereocenters. The Bertz CT molecular complexity index is 995. The number of fused-ring (bicyclic) bond motifs is 1. The van der Waals surface area contributed by atoms with E-state index < -0.39 is 4.92 Å². The van der Waals surface area contributed by atoms with Gasteiger partial charge < -0.3 is 4.74 Å². The fraction of sp³-hybridized carbons (Fsp3) is 0.125. The summed E-state index contributed by atoms with van der Waals surface area (Å²) in [6.45, 7) is 1.66. The summed E-state index contributed by atoms with van der Waals surface area (Å²) in [5.74, 6) is 0.948. The van der Waals surface area contributed by atoms with Gasteiger partial charge in [0, 0.05) is 22.0 Å². The number of ether oxygens (including phenoxy) is 1. The second-order valence-corrected chi connectivity index (χ2v) is 6.26. The predicted molar refractivity (Wildman–Crippen MR) is 96.7 cm³/mol. The fourth-order valence-corrected chi connectivity index (χ4v) is 3.14. The number of nitro benzene ring substituents is 1. The van der Waals surface area contributed by atoms with Crippen LogP contribution in [0.25, 0.3) is 10.9 Å². The third kappa shape index (κ3) is 3.46. The molecule has 1 aromatic heterocycles. The Morgan fingerprint density at radius 2 is 1.92 bits per heavy atom. The van der Waals surface area contributed by atoms with Gasteiger partial charge >= 0.3 is 0 Å². The standard InChI is InChI=1S/C16H10Cl3N3O3/c1-8-20-15-9(16(19)21-8)3-2-4-13(15)25-7-10-11(17)5-6-12(14(10)18)22(23)24/h2-6H,7H2,1H3. The first-order chi connectivity index (χ1) is 11.9. The molecule has 9 heteroatoms. The summed E-state index contributed by atoms with van der Waals surface area (Å²) in [7, 11) is 0. The van der Waals surface area contributed by atoms with Crippen molar-refractivity contribution in [1.29, 1.82) is 0 Å². The summed E-state index contributed by atoms with van der Waals surface area (Å²) in [5, 5.41) is 12.2. The zero-order valence-electron chi connectivity index (χ0n) is 12.8. The number of nitro groups is 1. The van der Waals surface area contributed by atoms with E-state index in [9.17, 15) is 10.1 Å². The number of nitrogens with zero attached hydrogens (tertiary/aromatic N) is 3. The largest absolute Gasteiger partial charge is 0.486 e. The highest BCUT2D eigenvalue weighted by molar-refractivity contribution is 6.37. The van der Waals surface area contributed by atoms with Crippen LogP contribution in [-0.2, 0) is 6.61 Å². The van der Waals surface area contributed by atoms with Crippen molar-refractivity contribution in [3.8, 4) is 5.75 Å². The molecule has 0 fully saturated rings. The molecule has 0 aliphatic heterocycles. The van der Waals surface area contributed by atoms with E-state index >= 15 is 0 Å². The van der Waals surface area contributed by atoms with Crippen LogP contribution in [-0.4, -0.2) is 14.9 Å². The van der Waals surface area contributed by atoms with Crippen LogP contribution >= 0.6 is 34.8 Å². The Hall–Kier alpha value is -2.15. The van der Waals surface area contributed by atoms with Gasteiger partial charge in [-0.15, -0.1) is 0 Å². The average molecular weight is 399 g/mol. The topological polar surface area (TPSA) is 78.2 Å². The minimum Gasteiger partial charge on any atom is -0.486 e. The van der Waals surface area contributed by atoms with Crippen LogP contribution in [0.5, 0.6) is 5.75 Å². The molecule has 128 valence electrons. The lowest BCUT2D eigenvalue weighted by Crippen LogP contribution is -2.01. The molecule has 0 N–H and O–H groups in total. The molecular formula is C16H10Cl3N3O3. The zero-order chi connectivity index (χ0) is 18.1. The Morgan fingerprint density at radius 3 is 2.64 bits per heavy atom. The molecule has 25 heavy (non-hydrogen) atoms. The van der Waals surface area contributed by atoms with E-state index in [0.29, 0.717) is 33.2 Å². The van der Waals surface area contributed by atoms with E-state index in [-0.39, 0.29) is 22.3 Å². The van der Waals surface area contributed by atoms with Gasteiger partial charge in [0.2, 0.25) is 0 Å². The summed E-state index contributed by atoms with van der Waals surface area (Å²) < 4.78 is 5.77. The normalized spacial score (nSPS) is 10.9. The Morgan fingerprint density at radius 1 is 1.16 bits per heavy atom. The molecule has 0 amide bonds. The van der Waals surface area contributed by atoms with Gasteiger partial charge in [-0.3, -0.25) is 10.1 Å². The van der Waals surface area contributed by atoms with Crippen LogP contribution in [0.1, 0.15) is 11.4 Å². The van der Waals surface area contributed by atoms with E-state index in [2.05, 4.69) is 9.97 Å². The van der Waals surface area contributed by atoms with Crippen LogP contribution in [0.3, 0.4) is 0 Å². The molecule has 0 saturated heterocycles. The number of aromatic nitrogens is 2. The molecule has 6 nitrogen and oxygen atoms in total. The highest BCUT2D eigenvalue weighted by atomic mass is 35.5. The number of hydrogen-bond donors (Lipinski definition) is 0. The van der Waals surface area contributed by atoms with Crippen molar-refractivity contribution >= 4 is 51.4 Å². The lowest BCUT2D eigenvalue weighted by atomic mass is 10.2. The smallest absolute Gasteiger partial charge is 0.288 e. The van der Waals surface area contributed by atoms with Crippen molar-refractivity contribution in [2.24, 2.45) is 0 Å². The van der Waals surface area contributed by atoms with Gasteiger partial charge in [-0.05, 0) is 25.1 Å². The number of aryl methyl sites for hydroxylation is 1. The van der Waals surface area contributed by atoms with Crippen LogP contribution in [0, 0.1) is 17.0 Å². The van der Waals surface area contributed by atoms with Gasteiger partial charge in [0.1, 0.15) is 33.9 Å². The summed E-state index contributed by atoms with van der Waals surface area (Å²) in [4.78, 5) is 18.9. The van der Waals surface area contributed by atoms with Crippen molar-refractivity contribution in [3.63, 3.8) is 0 Å². The number of benzene rings is 2. The summed E-state index contributed by atoms with van der Waals surface area (Å²) in [5.41, 5.74) is 0.632. The van der Waals surface area contributed by atoms with Crippen molar-refractivity contribution in [3.05, 3.63) is 67.0 Å². The monoisotopic (exact) mass is 397 g/mol. The maximum atomic E-state index is 11.0. The second kappa shape index (κ2) is 7.00. The van der Waals surface area contributed by atoms with Crippen LogP contribution in [0.15, 0.2) is 30.3 Å². The van der Waals surface area contributed by atoms with Gasteiger partial charge in [-0.1, -0.05) is 40.9 Å². The van der Waals surface area contributed by atoms with Crippen molar-refractivity contribution in [1.82, 2.24) is 9.97 Å². The maximum Gasteiger partial charge on any atom is 0.288 e. The quantitative estimate of drug-likeness (QED) is 0.335. The SMILES string of the molecule is Cc1nc(Cl)c2cccc(OCc3c(Cl)ccc([N+](=O)[O-])c3Cl)c2n1. The highest BCUT2D eigenvalue weighted by Gasteiger charge is 2.19. The predicted octanol–water partition coefficient (Wildman–Crippen LogP) is 5.39. The van der Waals surface area contributed by atoms with E-state index in [1.807, 2.05) is 0 Å².